The molecule has 7 heteroatoms. The van der Waals surface area contributed by atoms with Crippen molar-refractivity contribution in [2.45, 2.75) is 0 Å². The van der Waals surface area contributed by atoms with Crippen molar-refractivity contribution in [3.63, 3.8) is 0 Å². The predicted octanol–water partition coefficient (Wildman–Crippen LogP) is 2.37. The summed E-state index contributed by atoms with van der Waals surface area (Å²) in [6.45, 7) is 0. The van der Waals surface area contributed by atoms with Gasteiger partial charge in [-0.15, -0.1) is 0 Å². The third kappa shape index (κ3) is 2.36. The van der Waals surface area contributed by atoms with E-state index in [1.807, 2.05) is 31.1 Å². The zero-order chi connectivity index (χ0) is 16.7. The first-order valence-corrected chi connectivity index (χ1v) is 6.99. The highest BCUT2D eigenvalue weighted by molar-refractivity contribution is 6.04. The number of nitrogens with zero attached hydrogens (tertiary/aromatic N) is 1. The Labute approximate surface area is 133 Å². The number of anilines is 3. The van der Waals surface area contributed by atoms with E-state index >= 15 is 0 Å². The first-order chi connectivity index (χ1) is 10.9. The summed E-state index contributed by atoms with van der Waals surface area (Å²) in [5.41, 5.74) is 2.07. The molecule has 0 bridgehead atoms. The van der Waals surface area contributed by atoms with E-state index in [2.05, 4.69) is 10.6 Å². The van der Waals surface area contributed by atoms with E-state index < -0.39 is 17.4 Å². The number of benzene rings is 2. The molecule has 120 valence electrons. The number of hydrogen-bond donors (Lipinski definition) is 4. The summed E-state index contributed by atoms with van der Waals surface area (Å²) in [5.74, 6) is -0.724. The van der Waals surface area contributed by atoms with E-state index in [9.17, 15) is 15.0 Å². The number of aromatic hydroxyl groups is 2. The van der Waals surface area contributed by atoms with E-state index in [1.54, 1.807) is 6.07 Å². The van der Waals surface area contributed by atoms with Crippen molar-refractivity contribution >= 4 is 23.0 Å². The van der Waals surface area contributed by atoms with Gasteiger partial charge in [0, 0.05) is 32.9 Å². The van der Waals surface area contributed by atoms with Gasteiger partial charge in [0.15, 0.2) is 17.2 Å². The van der Waals surface area contributed by atoms with Crippen molar-refractivity contribution in [1.29, 1.82) is 0 Å². The molecule has 0 aromatic heterocycles. The standard InChI is InChI=1S/C16H17N3O4/c1-17-16(22)9-7-11(20)14(21)15-13(9)18-10-5-4-8(19(2)3)6-12(10)23-15/h4-7,18,20-21H,1-3H3,(H,17,22). The minimum atomic E-state index is -0.420. The number of phenolic OH excluding ortho intramolecular Hbond substituents is 2. The molecule has 1 heterocycles. The van der Waals surface area contributed by atoms with Crippen LogP contribution in [0, 0.1) is 0 Å². The number of fused-ring (bicyclic) bond motifs is 2. The summed E-state index contributed by atoms with van der Waals surface area (Å²) in [6, 6.07) is 6.72. The van der Waals surface area contributed by atoms with Crippen LogP contribution in [0.15, 0.2) is 24.3 Å². The van der Waals surface area contributed by atoms with Gasteiger partial charge in [-0.3, -0.25) is 4.79 Å². The molecule has 0 atom stereocenters. The van der Waals surface area contributed by atoms with Crippen molar-refractivity contribution in [3.8, 4) is 23.0 Å². The molecule has 4 N–H and O–H groups in total. The normalized spacial score (nSPS) is 11.6. The minimum absolute atomic E-state index is 0.0204. The third-order valence-electron chi connectivity index (χ3n) is 3.66. The smallest absolute Gasteiger partial charge is 0.253 e. The Kier molecular flexibility index (Phi) is 3.40. The first-order valence-electron chi connectivity index (χ1n) is 6.99. The molecule has 1 amide bonds. The molecule has 0 saturated heterocycles. The lowest BCUT2D eigenvalue weighted by Gasteiger charge is -2.26. The Morgan fingerprint density at radius 3 is 2.65 bits per heavy atom. The summed E-state index contributed by atoms with van der Waals surface area (Å²) in [4.78, 5) is 13.9. The minimum Gasteiger partial charge on any atom is -0.504 e. The fourth-order valence-corrected chi connectivity index (χ4v) is 2.39. The van der Waals surface area contributed by atoms with Crippen molar-refractivity contribution < 1.29 is 19.7 Å². The van der Waals surface area contributed by atoms with Crippen LogP contribution < -0.4 is 20.3 Å². The highest BCUT2D eigenvalue weighted by atomic mass is 16.5. The van der Waals surface area contributed by atoms with Crippen LogP contribution in [0.5, 0.6) is 23.0 Å². The molecule has 0 aliphatic carbocycles. The van der Waals surface area contributed by atoms with Gasteiger partial charge < -0.3 is 30.5 Å². The van der Waals surface area contributed by atoms with Crippen LogP contribution in [0.1, 0.15) is 10.4 Å². The largest absolute Gasteiger partial charge is 0.504 e. The number of amides is 1. The van der Waals surface area contributed by atoms with Crippen LogP contribution in [-0.2, 0) is 0 Å². The maximum Gasteiger partial charge on any atom is 0.253 e. The van der Waals surface area contributed by atoms with Gasteiger partial charge in [0.2, 0.25) is 5.75 Å². The average Bonchev–Trinajstić information content (AvgIpc) is 2.55. The summed E-state index contributed by atoms with van der Waals surface area (Å²) in [5, 5.41) is 25.5. The SMILES string of the molecule is CNC(=O)c1cc(O)c(O)c2c1Nc1ccc(N(C)C)cc1O2. The zero-order valence-corrected chi connectivity index (χ0v) is 13.0. The number of carbonyl (C=O) groups is 1. The molecule has 0 radical (unpaired) electrons. The lowest BCUT2D eigenvalue weighted by molar-refractivity contribution is 0.0963. The molecule has 0 spiro atoms. The molecule has 0 fully saturated rings. The molecule has 7 nitrogen and oxygen atoms in total. The molecular weight excluding hydrogens is 298 g/mol. The van der Waals surface area contributed by atoms with Crippen LogP contribution in [0.4, 0.5) is 17.1 Å². The van der Waals surface area contributed by atoms with Gasteiger partial charge >= 0.3 is 0 Å². The van der Waals surface area contributed by atoms with Crippen LogP contribution in [-0.4, -0.2) is 37.3 Å². The van der Waals surface area contributed by atoms with Crippen LogP contribution in [0.2, 0.25) is 0 Å². The Morgan fingerprint density at radius 2 is 2.00 bits per heavy atom. The zero-order valence-electron chi connectivity index (χ0n) is 13.0. The topological polar surface area (TPSA) is 94.1 Å². The van der Waals surface area contributed by atoms with Crippen molar-refractivity contribution in [2.24, 2.45) is 0 Å². The van der Waals surface area contributed by atoms with E-state index in [-0.39, 0.29) is 11.3 Å². The summed E-state index contributed by atoms with van der Waals surface area (Å²) in [7, 11) is 5.29. The quantitative estimate of drug-likeness (QED) is 0.428. The number of hydrogen-bond acceptors (Lipinski definition) is 6. The molecule has 3 rings (SSSR count). The van der Waals surface area contributed by atoms with Crippen LogP contribution in [0.25, 0.3) is 0 Å². The third-order valence-corrected chi connectivity index (χ3v) is 3.66. The van der Waals surface area contributed by atoms with Gasteiger partial charge in [-0.1, -0.05) is 0 Å². The number of ether oxygens (including phenoxy) is 1. The fourth-order valence-electron chi connectivity index (χ4n) is 2.39. The molecule has 1 aliphatic heterocycles. The van der Waals surface area contributed by atoms with Gasteiger partial charge in [-0.25, -0.2) is 0 Å². The fraction of sp³-hybridized carbons (Fsp3) is 0.188. The number of nitrogens with one attached hydrogen (secondary N) is 2. The van der Waals surface area contributed by atoms with Crippen molar-refractivity contribution in [3.05, 3.63) is 29.8 Å². The van der Waals surface area contributed by atoms with E-state index in [4.69, 9.17) is 4.74 Å². The molecule has 0 saturated carbocycles. The Bertz CT molecular complexity index is 802. The Morgan fingerprint density at radius 1 is 1.26 bits per heavy atom. The lowest BCUT2D eigenvalue weighted by Crippen LogP contribution is -2.20. The second kappa shape index (κ2) is 5.28. The summed E-state index contributed by atoms with van der Waals surface area (Å²) < 4.78 is 5.74. The summed E-state index contributed by atoms with van der Waals surface area (Å²) >= 11 is 0. The van der Waals surface area contributed by atoms with Crippen LogP contribution >= 0.6 is 0 Å². The predicted molar refractivity (Wildman–Crippen MR) is 87.3 cm³/mol. The second-order valence-corrected chi connectivity index (χ2v) is 5.38. The summed E-state index contributed by atoms with van der Waals surface area (Å²) in [6.07, 6.45) is 0. The lowest BCUT2D eigenvalue weighted by atomic mass is 10.1. The van der Waals surface area contributed by atoms with Gasteiger partial charge in [-0.05, 0) is 18.2 Å². The maximum absolute atomic E-state index is 12.0. The highest BCUT2D eigenvalue weighted by Crippen LogP contribution is 2.52. The van der Waals surface area contributed by atoms with Gasteiger partial charge in [0.05, 0.1) is 16.9 Å². The average molecular weight is 315 g/mol. The first kappa shape index (κ1) is 14.8. The number of rotatable bonds is 2. The molecule has 0 unspecified atom stereocenters. The van der Waals surface area contributed by atoms with Crippen LogP contribution in [0.3, 0.4) is 0 Å². The number of phenols is 2. The monoisotopic (exact) mass is 315 g/mol. The Balaban J connectivity index is 2.14. The highest BCUT2D eigenvalue weighted by Gasteiger charge is 2.28. The molecular formula is C16H17N3O4. The molecule has 2 aromatic rings. The van der Waals surface area contributed by atoms with Crippen molar-refractivity contribution in [2.75, 3.05) is 31.4 Å². The van der Waals surface area contributed by atoms with Gasteiger partial charge in [0.25, 0.3) is 5.91 Å². The molecule has 1 aliphatic rings. The van der Waals surface area contributed by atoms with Gasteiger partial charge in [-0.2, -0.15) is 0 Å². The maximum atomic E-state index is 12.0. The molecule has 2 aromatic carbocycles. The number of carbonyl (C=O) groups excluding carboxylic acids is 1. The van der Waals surface area contributed by atoms with E-state index in [0.29, 0.717) is 17.1 Å². The van der Waals surface area contributed by atoms with Gasteiger partial charge in [0.1, 0.15) is 0 Å². The molecule has 23 heavy (non-hydrogen) atoms. The van der Waals surface area contributed by atoms with E-state index in [1.165, 1.54) is 13.1 Å². The Hall–Kier alpha value is -3.09. The van der Waals surface area contributed by atoms with Crippen molar-refractivity contribution in [1.82, 2.24) is 5.32 Å². The van der Waals surface area contributed by atoms with E-state index in [0.717, 1.165) is 5.69 Å². The second-order valence-electron chi connectivity index (χ2n) is 5.38.